The van der Waals surface area contributed by atoms with Crippen LogP contribution in [-0.2, 0) is 16.0 Å². The summed E-state index contributed by atoms with van der Waals surface area (Å²) in [6.45, 7) is 4.57. The minimum Gasteiger partial charge on any atom is -0.299 e. The smallest absolute Gasteiger partial charge is 0.143 e. The molecule has 0 spiro atoms. The van der Waals surface area contributed by atoms with Gasteiger partial charge in [-0.1, -0.05) is 78.9 Å². The summed E-state index contributed by atoms with van der Waals surface area (Å²) >= 11 is 0. The molecule has 0 aliphatic heterocycles. The number of rotatable bonds is 4. The van der Waals surface area contributed by atoms with Gasteiger partial charge in [-0.05, 0) is 17.5 Å². The third kappa shape index (κ3) is 3.41. The summed E-state index contributed by atoms with van der Waals surface area (Å²) in [7, 11) is -1.83. The predicted molar refractivity (Wildman–Crippen MR) is 100 cm³/mol. The van der Waals surface area contributed by atoms with Crippen molar-refractivity contribution in [2.24, 2.45) is 5.92 Å². The average molecular weight is 337 g/mol. The Balaban J connectivity index is 1.76. The second kappa shape index (κ2) is 6.86. The van der Waals surface area contributed by atoms with E-state index in [4.69, 9.17) is 0 Å². The van der Waals surface area contributed by atoms with Crippen molar-refractivity contribution >= 4 is 24.8 Å². The van der Waals surface area contributed by atoms with Gasteiger partial charge in [0.1, 0.15) is 11.6 Å². The van der Waals surface area contributed by atoms with E-state index in [-0.39, 0.29) is 17.1 Å². The molecule has 1 saturated carbocycles. The van der Waals surface area contributed by atoms with E-state index < -0.39 is 14.0 Å². The molecule has 3 rings (SSSR count). The quantitative estimate of drug-likeness (QED) is 0.629. The molecule has 3 heteroatoms. The van der Waals surface area contributed by atoms with Crippen molar-refractivity contribution < 1.29 is 9.59 Å². The van der Waals surface area contributed by atoms with Gasteiger partial charge in [0.15, 0.2) is 0 Å². The molecule has 124 valence electrons. The van der Waals surface area contributed by atoms with Gasteiger partial charge in [0.25, 0.3) is 0 Å². The summed E-state index contributed by atoms with van der Waals surface area (Å²) in [5.41, 5.74) is 1.29. The van der Waals surface area contributed by atoms with Crippen molar-refractivity contribution in [2.45, 2.75) is 37.9 Å². The largest absolute Gasteiger partial charge is 0.299 e. The predicted octanol–water partition coefficient (Wildman–Crippen LogP) is 3.76. The number of ketones is 2. The molecule has 2 aromatic carbocycles. The summed E-state index contributed by atoms with van der Waals surface area (Å²) < 4.78 is 0. The fourth-order valence-corrected chi connectivity index (χ4v) is 6.66. The van der Waals surface area contributed by atoms with Crippen LogP contribution in [0, 0.1) is 5.92 Å². The van der Waals surface area contributed by atoms with Crippen molar-refractivity contribution in [3.8, 4) is 0 Å². The highest BCUT2D eigenvalue weighted by Gasteiger charge is 2.43. The zero-order chi connectivity index (χ0) is 17.2. The van der Waals surface area contributed by atoms with Gasteiger partial charge < -0.3 is 0 Å². The second-order valence-corrected chi connectivity index (χ2v) is 12.2. The fraction of sp³-hybridized carbons (Fsp3) is 0.333. The molecule has 1 fully saturated rings. The van der Waals surface area contributed by atoms with E-state index in [0.717, 1.165) is 5.56 Å². The Bertz CT molecular complexity index is 704. The van der Waals surface area contributed by atoms with Crippen LogP contribution in [0.15, 0.2) is 60.7 Å². The molecule has 0 heterocycles. The maximum atomic E-state index is 12.7. The first-order chi connectivity index (χ1) is 11.5. The molecular formula is C21H24O2Si. The first-order valence-electron chi connectivity index (χ1n) is 8.63. The molecule has 1 aliphatic rings. The van der Waals surface area contributed by atoms with Gasteiger partial charge in [0.05, 0.1) is 14.0 Å². The van der Waals surface area contributed by atoms with Gasteiger partial charge in [-0.15, -0.1) is 0 Å². The van der Waals surface area contributed by atoms with Crippen LogP contribution in [0.1, 0.15) is 18.4 Å². The maximum Gasteiger partial charge on any atom is 0.143 e. The monoisotopic (exact) mass is 336 g/mol. The lowest BCUT2D eigenvalue weighted by molar-refractivity contribution is -0.135. The average Bonchev–Trinajstić information content (AvgIpc) is 2.59. The first kappa shape index (κ1) is 16.8. The van der Waals surface area contributed by atoms with Gasteiger partial charge in [-0.3, -0.25) is 9.59 Å². The number of Topliss-reactive ketones (excluding diaryl/α,β-unsaturated/α-hetero) is 2. The van der Waals surface area contributed by atoms with E-state index in [1.165, 1.54) is 5.19 Å². The Morgan fingerprint density at radius 1 is 0.833 bits per heavy atom. The highest BCUT2D eigenvalue weighted by molar-refractivity contribution is 6.91. The lowest BCUT2D eigenvalue weighted by Crippen LogP contribution is -2.50. The maximum absolute atomic E-state index is 12.7. The summed E-state index contributed by atoms with van der Waals surface area (Å²) in [4.78, 5) is 25.4. The van der Waals surface area contributed by atoms with Gasteiger partial charge in [-0.25, -0.2) is 0 Å². The van der Waals surface area contributed by atoms with Crippen molar-refractivity contribution in [3.05, 3.63) is 66.2 Å². The third-order valence-corrected chi connectivity index (χ3v) is 9.76. The van der Waals surface area contributed by atoms with E-state index in [9.17, 15) is 9.59 Å². The molecule has 0 N–H and O–H groups in total. The van der Waals surface area contributed by atoms with E-state index in [0.29, 0.717) is 19.3 Å². The Labute approximate surface area is 144 Å². The molecule has 0 unspecified atom stereocenters. The molecule has 0 amide bonds. The Hall–Kier alpha value is -2.00. The van der Waals surface area contributed by atoms with E-state index >= 15 is 0 Å². The van der Waals surface area contributed by atoms with Crippen molar-refractivity contribution in [2.75, 3.05) is 0 Å². The lowest BCUT2D eigenvalue weighted by Gasteiger charge is -2.36. The van der Waals surface area contributed by atoms with E-state index in [1.54, 1.807) is 0 Å². The topological polar surface area (TPSA) is 34.1 Å². The van der Waals surface area contributed by atoms with Crippen molar-refractivity contribution in [1.29, 1.82) is 0 Å². The van der Waals surface area contributed by atoms with Crippen LogP contribution in [0.5, 0.6) is 0 Å². The van der Waals surface area contributed by atoms with Gasteiger partial charge in [-0.2, -0.15) is 0 Å². The SMILES string of the molecule is C[Si](C)(c1ccccc1)C1CC(=O)C(Cc2ccccc2)C(=O)C1. The Kier molecular flexibility index (Phi) is 4.81. The molecule has 0 atom stereocenters. The van der Waals surface area contributed by atoms with E-state index in [2.05, 4.69) is 37.4 Å². The van der Waals surface area contributed by atoms with Gasteiger partial charge in [0.2, 0.25) is 0 Å². The number of carbonyl (C=O) groups excluding carboxylic acids is 2. The Morgan fingerprint density at radius 3 is 1.88 bits per heavy atom. The first-order valence-corrected chi connectivity index (χ1v) is 11.7. The minimum absolute atomic E-state index is 0.136. The highest BCUT2D eigenvalue weighted by atomic mass is 28.3. The van der Waals surface area contributed by atoms with Gasteiger partial charge >= 0.3 is 0 Å². The normalized spacial score (nSPS) is 21.8. The molecule has 0 bridgehead atoms. The van der Waals surface area contributed by atoms with Crippen LogP contribution in [0.2, 0.25) is 18.6 Å². The number of benzene rings is 2. The molecule has 0 radical (unpaired) electrons. The van der Waals surface area contributed by atoms with Crippen LogP contribution in [0.3, 0.4) is 0 Å². The zero-order valence-corrected chi connectivity index (χ0v) is 15.4. The van der Waals surface area contributed by atoms with Gasteiger partial charge in [0, 0.05) is 12.8 Å². The molecule has 0 saturated heterocycles. The Morgan fingerprint density at radius 2 is 1.33 bits per heavy atom. The minimum atomic E-state index is -1.83. The molecule has 0 aromatic heterocycles. The van der Waals surface area contributed by atoms with Crippen molar-refractivity contribution in [3.63, 3.8) is 0 Å². The summed E-state index contributed by atoms with van der Waals surface area (Å²) in [5.74, 6) is -0.169. The van der Waals surface area contributed by atoms with Crippen molar-refractivity contribution in [1.82, 2.24) is 0 Å². The molecule has 2 nitrogen and oxygen atoms in total. The summed E-state index contributed by atoms with van der Waals surface area (Å²) in [6, 6.07) is 20.3. The standard InChI is InChI=1S/C21H24O2Si/c1-24(2,17-11-7-4-8-12-17)18-14-20(22)19(21(23)15-18)13-16-9-5-3-6-10-16/h3-12,18-19H,13-15H2,1-2H3. The highest BCUT2D eigenvalue weighted by Crippen LogP contribution is 2.36. The fourth-order valence-electron chi connectivity index (χ4n) is 3.71. The van der Waals surface area contributed by atoms with Crippen LogP contribution in [0.25, 0.3) is 0 Å². The molecule has 1 aliphatic carbocycles. The number of hydrogen-bond acceptors (Lipinski definition) is 2. The third-order valence-electron chi connectivity index (χ3n) is 5.49. The molecule has 24 heavy (non-hydrogen) atoms. The second-order valence-electron chi connectivity index (χ2n) is 7.37. The summed E-state index contributed by atoms with van der Waals surface area (Å²) in [5, 5.41) is 1.33. The lowest BCUT2D eigenvalue weighted by atomic mass is 9.82. The number of carbonyl (C=O) groups is 2. The van der Waals surface area contributed by atoms with Crippen LogP contribution >= 0.6 is 0 Å². The molecular weight excluding hydrogens is 312 g/mol. The van der Waals surface area contributed by atoms with Crippen LogP contribution in [0.4, 0.5) is 0 Å². The van der Waals surface area contributed by atoms with Crippen LogP contribution < -0.4 is 5.19 Å². The molecule has 2 aromatic rings. The number of hydrogen-bond donors (Lipinski definition) is 0. The summed E-state index contributed by atoms with van der Waals surface area (Å²) in [6.07, 6.45) is 1.66. The zero-order valence-electron chi connectivity index (χ0n) is 14.4. The van der Waals surface area contributed by atoms with E-state index in [1.807, 2.05) is 36.4 Å². The van der Waals surface area contributed by atoms with Crippen LogP contribution in [-0.4, -0.2) is 19.6 Å².